The van der Waals surface area contributed by atoms with E-state index in [1.807, 2.05) is 0 Å². The zero-order valence-electron chi connectivity index (χ0n) is 16.3. The summed E-state index contributed by atoms with van der Waals surface area (Å²) in [5, 5.41) is 0. The van der Waals surface area contributed by atoms with Crippen molar-refractivity contribution in [3.8, 4) is 11.1 Å². The molecule has 0 saturated heterocycles. The molecule has 0 atom stereocenters. The van der Waals surface area contributed by atoms with E-state index in [9.17, 15) is 0 Å². The van der Waals surface area contributed by atoms with E-state index in [1.54, 1.807) is 0 Å². The van der Waals surface area contributed by atoms with Crippen molar-refractivity contribution < 1.29 is 51.0 Å². The van der Waals surface area contributed by atoms with E-state index in [-0.39, 0.29) is 61.8 Å². The molecule has 1 aliphatic carbocycles. The molecule has 0 N–H and O–H groups in total. The predicted molar refractivity (Wildman–Crippen MR) is 96.8 cm³/mol. The van der Waals surface area contributed by atoms with Gasteiger partial charge in [-0.05, 0) is 63.1 Å². The second-order valence-electron chi connectivity index (χ2n) is 8.81. The summed E-state index contributed by atoms with van der Waals surface area (Å²) in [6.07, 6.45) is 1.09. The van der Waals surface area contributed by atoms with Crippen LogP contribution in [0.25, 0.3) is 11.1 Å². The average molecular weight is 455 g/mol. The van der Waals surface area contributed by atoms with Gasteiger partial charge in [0.05, 0.1) is 0 Å². The molecule has 2 aromatic rings. The van der Waals surface area contributed by atoms with Crippen LogP contribution in [0, 0.1) is 6.92 Å². The number of rotatable bonds is 0. The Kier molecular flexibility index (Phi) is 8.25. The summed E-state index contributed by atoms with van der Waals surface area (Å²) in [6.45, 7) is 16.1. The molecule has 134 valence electrons. The Morgan fingerprint density at radius 1 is 0.760 bits per heavy atom. The zero-order chi connectivity index (χ0) is 16.3. The van der Waals surface area contributed by atoms with Crippen LogP contribution < -0.4 is 24.8 Å². The monoisotopic (exact) mass is 452 g/mol. The Hall–Kier alpha value is -0.0969. The summed E-state index contributed by atoms with van der Waals surface area (Å²) in [6, 6.07) is 11.7. The van der Waals surface area contributed by atoms with Crippen LogP contribution in [0.2, 0.25) is 0 Å². The van der Waals surface area contributed by atoms with E-state index >= 15 is 0 Å². The molecule has 0 heterocycles. The van der Waals surface area contributed by atoms with Crippen LogP contribution in [-0.2, 0) is 43.5 Å². The second-order valence-corrected chi connectivity index (χ2v) is 8.81. The number of hydrogen-bond donors (Lipinski definition) is 0. The number of halogens is 2. The predicted octanol–water partition coefficient (Wildman–Crippen LogP) is 0.167. The fourth-order valence-corrected chi connectivity index (χ4v) is 3.71. The molecule has 1 aliphatic rings. The van der Waals surface area contributed by atoms with Crippen molar-refractivity contribution in [1.82, 2.24) is 0 Å². The SMILES string of the molecule is Cc1c(C(C)(C)C)ccc2c1Cc1cc(C(C)(C)C)ccc1-2.[Cl-].[Cl-].[Zr+2]. The van der Waals surface area contributed by atoms with Crippen molar-refractivity contribution in [1.29, 1.82) is 0 Å². The first-order valence-electron chi connectivity index (χ1n) is 8.36. The largest absolute Gasteiger partial charge is 2.00 e. The second kappa shape index (κ2) is 8.28. The summed E-state index contributed by atoms with van der Waals surface area (Å²) in [5.41, 5.74) is 10.7. The van der Waals surface area contributed by atoms with Gasteiger partial charge in [0, 0.05) is 0 Å². The van der Waals surface area contributed by atoms with Gasteiger partial charge in [-0.2, -0.15) is 0 Å². The van der Waals surface area contributed by atoms with Gasteiger partial charge in [0.25, 0.3) is 0 Å². The van der Waals surface area contributed by atoms with Crippen LogP contribution in [0.3, 0.4) is 0 Å². The van der Waals surface area contributed by atoms with Gasteiger partial charge >= 0.3 is 26.2 Å². The third-order valence-electron chi connectivity index (χ3n) is 5.04. The molecule has 0 unspecified atom stereocenters. The molecule has 0 fully saturated rings. The van der Waals surface area contributed by atoms with Gasteiger partial charge in [0.15, 0.2) is 0 Å². The van der Waals surface area contributed by atoms with E-state index in [1.165, 1.54) is 38.9 Å². The van der Waals surface area contributed by atoms with E-state index in [2.05, 4.69) is 78.8 Å². The Morgan fingerprint density at radius 2 is 1.32 bits per heavy atom. The summed E-state index contributed by atoms with van der Waals surface area (Å²) in [4.78, 5) is 0. The first-order valence-corrected chi connectivity index (χ1v) is 8.36. The summed E-state index contributed by atoms with van der Waals surface area (Å²) < 4.78 is 0. The van der Waals surface area contributed by atoms with E-state index in [0.717, 1.165) is 6.42 Å². The van der Waals surface area contributed by atoms with Gasteiger partial charge in [0.1, 0.15) is 0 Å². The summed E-state index contributed by atoms with van der Waals surface area (Å²) in [5.74, 6) is 0. The molecule has 3 rings (SSSR count). The Morgan fingerprint density at radius 3 is 1.84 bits per heavy atom. The summed E-state index contributed by atoms with van der Waals surface area (Å²) in [7, 11) is 0. The molecule has 0 amide bonds. The number of fused-ring (bicyclic) bond motifs is 3. The maximum absolute atomic E-state index is 2.42. The van der Waals surface area contributed by atoms with Gasteiger partial charge in [-0.1, -0.05) is 71.9 Å². The molecule has 0 spiro atoms. The third-order valence-corrected chi connectivity index (χ3v) is 5.04. The normalized spacial score (nSPS) is 12.3. The van der Waals surface area contributed by atoms with E-state index in [0.29, 0.717) is 0 Å². The molecular formula is C22H28Cl2Zr. The molecule has 0 aromatic heterocycles. The van der Waals surface area contributed by atoms with Crippen LogP contribution in [0.15, 0.2) is 30.3 Å². The smallest absolute Gasteiger partial charge is 1.00 e. The van der Waals surface area contributed by atoms with Crippen LogP contribution in [0.4, 0.5) is 0 Å². The van der Waals surface area contributed by atoms with Gasteiger partial charge in [-0.3, -0.25) is 0 Å². The molecule has 0 saturated carbocycles. The number of hydrogen-bond acceptors (Lipinski definition) is 0. The third kappa shape index (κ3) is 4.60. The molecular weight excluding hydrogens is 426 g/mol. The number of benzene rings is 2. The molecule has 2 aromatic carbocycles. The molecule has 25 heavy (non-hydrogen) atoms. The van der Waals surface area contributed by atoms with Crippen molar-refractivity contribution in [2.45, 2.75) is 65.7 Å². The van der Waals surface area contributed by atoms with E-state index in [4.69, 9.17) is 0 Å². The van der Waals surface area contributed by atoms with Gasteiger partial charge in [-0.15, -0.1) is 0 Å². The maximum Gasteiger partial charge on any atom is 2.00 e. The van der Waals surface area contributed by atoms with Crippen LogP contribution in [-0.4, -0.2) is 0 Å². The molecule has 0 aliphatic heterocycles. The van der Waals surface area contributed by atoms with Crippen molar-refractivity contribution in [3.05, 3.63) is 58.1 Å². The average Bonchev–Trinajstić information content (AvgIpc) is 2.75. The van der Waals surface area contributed by atoms with Crippen LogP contribution in [0.1, 0.15) is 69.4 Å². The fourth-order valence-electron chi connectivity index (χ4n) is 3.71. The van der Waals surface area contributed by atoms with Crippen molar-refractivity contribution in [3.63, 3.8) is 0 Å². The van der Waals surface area contributed by atoms with Crippen molar-refractivity contribution in [2.75, 3.05) is 0 Å². The van der Waals surface area contributed by atoms with Crippen molar-refractivity contribution in [2.24, 2.45) is 0 Å². The minimum absolute atomic E-state index is 0. The van der Waals surface area contributed by atoms with Crippen LogP contribution >= 0.6 is 0 Å². The van der Waals surface area contributed by atoms with E-state index < -0.39 is 0 Å². The first-order chi connectivity index (χ1) is 10.1. The summed E-state index contributed by atoms with van der Waals surface area (Å²) >= 11 is 0. The van der Waals surface area contributed by atoms with Crippen molar-refractivity contribution >= 4 is 0 Å². The standard InChI is InChI=1S/C22H28.2ClH.Zr/c1-14-19-13-15-12-16(21(2,3)4)8-9-17(15)18(19)10-11-20(14)22(5,6)7;;;/h8-12H,13H2,1-7H3;2*1H;/q;;;+2/p-2. The van der Waals surface area contributed by atoms with Gasteiger partial charge in [-0.25, -0.2) is 0 Å². The molecule has 0 nitrogen and oxygen atoms in total. The Bertz CT molecular complexity index is 750. The minimum atomic E-state index is 0. The fraction of sp³-hybridized carbons (Fsp3) is 0.455. The Labute approximate surface area is 185 Å². The topological polar surface area (TPSA) is 0 Å². The Balaban J connectivity index is 0.00000192. The molecule has 0 bridgehead atoms. The van der Waals surface area contributed by atoms with Gasteiger partial charge < -0.3 is 24.8 Å². The quantitative estimate of drug-likeness (QED) is 0.454. The maximum atomic E-state index is 2.42. The first kappa shape index (κ1) is 24.9. The zero-order valence-corrected chi connectivity index (χ0v) is 20.3. The molecule has 0 radical (unpaired) electrons. The van der Waals surface area contributed by atoms with Gasteiger partial charge in [0.2, 0.25) is 0 Å². The minimum Gasteiger partial charge on any atom is -1.00 e. The molecule has 3 heteroatoms. The van der Waals surface area contributed by atoms with Crippen LogP contribution in [0.5, 0.6) is 0 Å².